The van der Waals surface area contributed by atoms with E-state index in [1.807, 2.05) is 0 Å². The number of nitro benzene ring substituents is 1. The van der Waals surface area contributed by atoms with Crippen LogP contribution in [-0.2, 0) is 10.0 Å². The van der Waals surface area contributed by atoms with Crippen molar-refractivity contribution in [2.45, 2.75) is 31.2 Å². The van der Waals surface area contributed by atoms with Gasteiger partial charge in [-0.25, -0.2) is 13.1 Å². The van der Waals surface area contributed by atoms with Gasteiger partial charge in [-0.05, 0) is 45.0 Å². The van der Waals surface area contributed by atoms with Gasteiger partial charge in [0.25, 0.3) is 11.6 Å². The number of amides is 1. The van der Waals surface area contributed by atoms with Crippen LogP contribution in [0.4, 0.5) is 11.4 Å². The Morgan fingerprint density at radius 1 is 1.17 bits per heavy atom. The normalized spacial score (nSPS) is 11.8. The van der Waals surface area contributed by atoms with Crippen molar-refractivity contribution < 1.29 is 22.9 Å². The zero-order valence-electron chi connectivity index (χ0n) is 16.1. The number of sulfonamides is 1. The first kappa shape index (κ1) is 22.6. The Balaban J connectivity index is 2.41. The maximum atomic E-state index is 12.6. The van der Waals surface area contributed by atoms with E-state index in [1.165, 1.54) is 31.4 Å². The SMILES string of the molecule is COc1ccc([N+](=O)[O-])cc1NC(=O)c1ccc(Cl)c(S(=O)(=O)NC(C)(C)C)c1. The smallest absolute Gasteiger partial charge is 0.271 e. The predicted molar refractivity (Wildman–Crippen MR) is 109 cm³/mol. The standard InChI is InChI=1S/C18H20ClN3O6S/c1-18(2,3)21-29(26,27)16-9-11(5-7-13(16)19)17(23)20-14-10-12(22(24)25)6-8-15(14)28-4/h5-10,21H,1-4H3,(H,20,23). The fraction of sp³-hybridized carbons (Fsp3) is 0.278. The minimum absolute atomic E-state index is 0.00255. The molecule has 1 amide bonds. The van der Waals surface area contributed by atoms with Crippen molar-refractivity contribution in [1.82, 2.24) is 4.72 Å². The minimum atomic E-state index is -3.98. The van der Waals surface area contributed by atoms with E-state index in [2.05, 4.69) is 10.0 Å². The quantitative estimate of drug-likeness (QED) is 0.520. The summed E-state index contributed by atoms with van der Waals surface area (Å²) in [5.74, 6) is -0.479. The third-order valence-electron chi connectivity index (χ3n) is 3.57. The van der Waals surface area contributed by atoms with E-state index in [4.69, 9.17) is 16.3 Å². The molecular formula is C18H20ClN3O6S. The second kappa shape index (κ2) is 8.36. The molecule has 0 aliphatic rings. The highest BCUT2D eigenvalue weighted by Gasteiger charge is 2.25. The van der Waals surface area contributed by atoms with E-state index in [9.17, 15) is 23.3 Å². The fourth-order valence-corrected chi connectivity index (χ4v) is 4.36. The molecular weight excluding hydrogens is 422 g/mol. The largest absolute Gasteiger partial charge is 0.495 e. The second-order valence-electron chi connectivity index (χ2n) is 7.10. The molecule has 29 heavy (non-hydrogen) atoms. The van der Waals surface area contributed by atoms with Crippen LogP contribution in [0.3, 0.4) is 0 Å². The van der Waals surface area contributed by atoms with Crippen LogP contribution in [0.1, 0.15) is 31.1 Å². The highest BCUT2D eigenvalue weighted by Crippen LogP contribution is 2.30. The number of anilines is 1. The number of ether oxygens (including phenoxy) is 1. The number of benzene rings is 2. The lowest BCUT2D eigenvalue weighted by Gasteiger charge is -2.21. The van der Waals surface area contributed by atoms with Crippen LogP contribution in [0.15, 0.2) is 41.3 Å². The predicted octanol–water partition coefficient (Wildman–Crippen LogP) is 3.59. The lowest BCUT2D eigenvalue weighted by atomic mass is 10.1. The van der Waals surface area contributed by atoms with Gasteiger partial charge in [-0.3, -0.25) is 14.9 Å². The second-order valence-corrected chi connectivity index (χ2v) is 9.15. The summed E-state index contributed by atoms with van der Waals surface area (Å²) in [5.41, 5.74) is -0.928. The Labute approximate surface area is 173 Å². The Morgan fingerprint density at radius 3 is 2.38 bits per heavy atom. The maximum absolute atomic E-state index is 12.6. The van der Waals surface area contributed by atoms with E-state index in [1.54, 1.807) is 20.8 Å². The van der Waals surface area contributed by atoms with Crippen molar-refractivity contribution >= 4 is 38.9 Å². The van der Waals surface area contributed by atoms with Crippen molar-refractivity contribution in [2.75, 3.05) is 12.4 Å². The van der Waals surface area contributed by atoms with Crippen LogP contribution in [-0.4, -0.2) is 31.9 Å². The topological polar surface area (TPSA) is 128 Å². The summed E-state index contributed by atoms with van der Waals surface area (Å²) >= 11 is 6.03. The number of hydrogen-bond acceptors (Lipinski definition) is 6. The Kier molecular flexibility index (Phi) is 6.51. The number of methoxy groups -OCH3 is 1. The van der Waals surface area contributed by atoms with Gasteiger partial charge in [0.1, 0.15) is 10.6 Å². The molecule has 0 saturated heterocycles. The molecule has 0 bridgehead atoms. The van der Waals surface area contributed by atoms with Crippen LogP contribution < -0.4 is 14.8 Å². The molecule has 0 saturated carbocycles. The van der Waals surface area contributed by atoms with Crippen LogP contribution in [0.5, 0.6) is 5.75 Å². The van der Waals surface area contributed by atoms with Crippen molar-refractivity contribution in [3.8, 4) is 5.75 Å². The summed E-state index contributed by atoms with van der Waals surface area (Å²) in [6.07, 6.45) is 0. The highest BCUT2D eigenvalue weighted by molar-refractivity contribution is 7.89. The molecule has 2 N–H and O–H groups in total. The van der Waals surface area contributed by atoms with Gasteiger partial charge in [-0.15, -0.1) is 0 Å². The number of rotatable bonds is 6. The first-order valence-corrected chi connectivity index (χ1v) is 10.2. The number of nitrogens with zero attached hydrogens (tertiary/aromatic N) is 1. The molecule has 11 heteroatoms. The summed E-state index contributed by atoms with van der Waals surface area (Å²) in [4.78, 5) is 22.8. The molecule has 2 aromatic carbocycles. The molecule has 0 unspecified atom stereocenters. The van der Waals surface area contributed by atoms with Crippen molar-refractivity contribution in [3.63, 3.8) is 0 Å². The molecule has 2 rings (SSSR count). The van der Waals surface area contributed by atoms with Gasteiger partial charge in [0.15, 0.2) is 0 Å². The third-order valence-corrected chi connectivity index (χ3v) is 5.81. The average molecular weight is 442 g/mol. The maximum Gasteiger partial charge on any atom is 0.271 e. The van der Waals surface area contributed by atoms with Gasteiger partial charge < -0.3 is 10.1 Å². The van der Waals surface area contributed by atoms with Crippen molar-refractivity contribution in [3.05, 3.63) is 57.1 Å². The minimum Gasteiger partial charge on any atom is -0.495 e. The molecule has 0 aromatic heterocycles. The Bertz CT molecular complexity index is 1060. The van der Waals surface area contributed by atoms with Gasteiger partial charge in [0.2, 0.25) is 10.0 Å². The van der Waals surface area contributed by atoms with E-state index in [-0.39, 0.29) is 32.6 Å². The number of non-ortho nitro benzene ring substituents is 1. The lowest BCUT2D eigenvalue weighted by Crippen LogP contribution is -2.40. The molecule has 0 heterocycles. The summed E-state index contributed by atoms with van der Waals surface area (Å²) in [7, 11) is -2.64. The summed E-state index contributed by atoms with van der Waals surface area (Å²) in [6.45, 7) is 5.01. The molecule has 156 valence electrons. The molecule has 0 fully saturated rings. The monoisotopic (exact) mass is 441 g/mol. The summed E-state index contributed by atoms with van der Waals surface area (Å²) < 4.78 is 32.8. The van der Waals surface area contributed by atoms with Gasteiger partial charge in [-0.1, -0.05) is 11.6 Å². The number of hydrogen-bond donors (Lipinski definition) is 2. The van der Waals surface area contributed by atoms with Gasteiger partial charge >= 0.3 is 0 Å². The zero-order chi connectivity index (χ0) is 22.0. The highest BCUT2D eigenvalue weighted by atomic mass is 35.5. The number of carbonyl (C=O) groups is 1. The van der Waals surface area contributed by atoms with E-state index in [0.717, 1.165) is 12.1 Å². The molecule has 0 aliphatic carbocycles. The third kappa shape index (κ3) is 5.66. The first-order valence-electron chi connectivity index (χ1n) is 8.31. The molecule has 0 spiro atoms. The Hall–Kier alpha value is -2.69. The van der Waals surface area contributed by atoms with Gasteiger partial charge in [-0.2, -0.15) is 0 Å². The van der Waals surface area contributed by atoms with Gasteiger partial charge in [0.05, 0.1) is 22.7 Å². The van der Waals surface area contributed by atoms with Crippen molar-refractivity contribution in [2.24, 2.45) is 0 Å². The number of nitrogens with one attached hydrogen (secondary N) is 2. The lowest BCUT2D eigenvalue weighted by molar-refractivity contribution is -0.384. The molecule has 2 aromatic rings. The first-order chi connectivity index (χ1) is 13.3. The van der Waals surface area contributed by atoms with Gasteiger partial charge in [0, 0.05) is 23.2 Å². The molecule has 9 nitrogen and oxygen atoms in total. The van der Waals surface area contributed by atoms with Crippen LogP contribution >= 0.6 is 11.6 Å². The van der Waals surface area contributed by atoms with E-state index >= 15 is 0 Å². The summed E-state index contributed by atoms with van der Waals surface area (Å²) in [5, 5.41) is 13.4. The molecule has 0 aliphatic heterocycles. The van der Waals surface area contributed by atoms with Crippen molar-refractivity contribution in [1.29, 1.82) is 0 Å². The zero-order valence-corrected chi connectivity index (χ0v) is 17.7. The van der Waals surface area contributed by atoms with E-state index in [0.29, 0.717) is 0 Å². The number of halogens is 1. The van der Waals surface area contributed by atoms with E-state index < -0.39 is 26.4 Å². The summed E-state index contributed by atoms with van der Waals surface area (Å²) in [6, 6.07) is 7.50. The Morgan fingerprint density at radius 2 is 1.83 bits per heavy atom. The van der Waals surface area contributed by atoms with Crippen LogP contribution in [0.2, 0.25) is 5.02 Å². The molecule has 0 atom stereocenters. The number of carbonyl (C=O) groups excluding carboxylic acids is 1. The fourth-order valence-electron chi connectivity index (χ4n) is 2.41. The molecule has 0 radical (unpaired) electrons. The number of nitro groups is 1. The van der Waals surface area contributed by atoms with Crippen LogP contribution in [0.25, 0.3) is 0 Å². The van der Waals surface area contributed by atoms with Crippen LogP contribution in [0, 0.1) is 10.1 Å². The average Bonchev–Trinajstić information content (AvgIpc) is 2.59.